The van der Waals surface area contributed by atoms with E-state index >= 15 is 0 Å². The van der Waals surface area contributed by atoms with Crippen molar-refractivity contribution in [1.82, 2.24) is 4.90 Å². The smallest absolute Gasteiger partial charge is 0.243 e. The fraction of sp³-hybridized carbons (Fsp3) is 0.556. The van der Waals surface area contributed by atoms with Gasteiger partial charge in [0.1, 0.15) is 0 Å². The van der Waals surface area contributed by atoms with E-state index in [-0.39, 0.29) is 18.4 Å². The molecule has 0 saturated heterocycles. The van der Waals surface area contributed by atoms with E-state index in [0.717, 1.165) is 24.9 Å². The van der Waals surface area contributed by atoms with E-state index in [1.165, 1.54) is 12.5 Å². The molecule has 0 bridgehead atoms. The third kappa shape index (κ3) is 6.29. The lowest BCUT2D eigenvalue weighted by Gasteiger charge is -2.20. The molecule has 0 aromatic heterocycles. The van der Waals surface area contributed by atoms with Gasteiger partial charge >= 0.3 is 0 Å². The third-order valence-electron chi connectivity index (χ3n) is 3.67. The Morgan fingerprint density at radius 2 is 1.77 bits per heavy atom. The van der Waals surface area contributed by atoms with E-state index in [9.17, 15) is 9.59 Å². The molecule has 0 fully saturated rings. The number of anilines is 1. The number of nitrogens with one attached hydrogen (secondary N) is 1. The number of nitrogens with zero attached hydrogens (tertiary/aromatic N) is 1. The molecule has 0 spiro atoms. The Morgan fingerprint density at radius 3 is 2.27 bits per heavy atom. The Balaban J connectivity index is 2.53. The molecule has 0 aliphatic carbocycles. The first-order chi connectivity index (χ1) is 10.4. The number of amides is 2. The topological polar surface area (TPSA) is 49.4 Å². The highest BCUT2D eigenvalue weighted by Gasteiger charge is 2.13. The fourth-order valence-corrected chi connectivity index (χ4v) is 2.23. The molecule has 0 aliphatic rings. The standard InChI is InChI=1S/C18H28N2O2/c1-5-6-7-12-20(15(4)21)13-18(22)19-17-10-8-16(9-11-17)14(2)3/h8-11,14H,5-7,12-13H2,1-4H3,(H,19,22). The normalized spacial score (nSPS) is 10.6. The van der Waals surface area contributed by atoms with E-state index in [1.807, 2.05) is 24.3 Å². The van der Waals surface area contributed by atoms with E-state index < -0.39 is 0 Å². The first kappa shape index (κ1) is 18.2. The molecule has 0 radical (unpaired) electrons. The SMILES string of the molecule is CCCCCN(CC(=O)Nc1ccc(C(C)C)cc1)C(C)=O. The second-order valence-electron chi connectivity index (χ2n) is 5.97. The van der Waals surface area contributed by atoms with E-state index in [0.29, 0.717) is 12.5 Å². The van der Waals surface area contributed by atoms with Gasteiger partial charge in [0, 0.05) is 19.2 Å². The Kier molecular flexibility index (Phi) is 7.64. The molecule has 4 nitrogen and oxygen atoms in total. The fourth-order valence-electron chi connectivity index (χ4n) is 2.23. The van der Waals surface area contributed by atoms with Crippen molar-refractivity contribution in [1.29, 1.82) is 0 Å². The van der Waals surface area contributed by atoms with Gasteiger partial charge in [0.2, 0.25) is 11.8 Å². The summed E-state index contributed by atoms with van der Waals surface area (Å²) in [7, 11) is 0. The molecular formula is C18H28N2O2. The van der Waals surface area contributed by atoms with Crippen LogP contribution >= 0.6 is 0 Å². The maximum absolute atomic E-state index is 12.1. The Bertz CT molecular complexity index is 480. The van der Waals surface area contributed by atoms with E-state index in [2.05, 4.69) is 26.1 Å². The zero-order chi connectivity index (χ0) is 16.5. The Labute approximate surface area is 133 Å². The molecule has 1 N–H and O–H groups in total. The predicted octanol–water partition coefficient (Wildman–Crippen LogP) is 3.79. The van der Waals surface area contributed by atoms with Crippen LogP contribution in [0.3, 0.4) is 0 Å². The molecule has 1 aromatic carbocycles. The summed E-state index contributed by atoms with van der Waals surface area (Å²) in [6.45, 7) is 8.65. The second-order valence-corrected chi connectivity index (χ2v) is 5.97. The van der Waals surface area contributed by atoms with Crippen molar-refractivity contribution in [2.24, 2.45) is 0 Å². The number of unbranched alkanes of at least 4 members (excludes halogenated alkanes) is 2. The van der Waals surface area contributed by atoms with Gasteiger partial charge in [0.15, 0.2) is 0 Å². The lowest BCUT2D eigenvalue weighted by Crippen LogP contribution is -2.37. The van der Waals surface area contributed by atoms with E-state index in [4.69, 9.17) is 0 Å². The van der Waals surface area contributed by atoms with Gasteiger partial charge in [0.05, 0.1) is 6.54 Å². The van der Waals surface area contributed by atoms with Crippen molar-refractivity contribution < 1.29 is 9.59 Å². The van der Waals surface area contributed by atoms with Crippen molar-refractivity contribution in [3.8, 4) is 0 Å². The van der Waals surface area contributed by atoms with Gasteiger partial charge in [-0.25, -0.2) is 0 Å². The third-order valence-corrected chi connectivity index (χ3v) is 3.67. The molecule has 0 aliphatic heterocycles. The molecule has 2 amide bonds. The number of hydrogen-bond donors (Lipinski definition) is 1. The van der Waals surface area contributed by atoms with Crippen molar-refractivity contribution in [3.05, 3.63) is 29.8 Å². The van der Waals surface area contributed by atoms with Crippen LogP contribution in [0.1, 0.15) is 58.4 Å². The molecule has 4 heteroatoms. The largest absolute Gasteiger partial charge is 0.334 e. The highest BCUT2D eigenvalue weighted by molar-refractivity contribution is 5.94. The monoisotopic (exact) mass is 304 g/mol. The summed E-state index contributed by atoms with van der Waals surface area (Å²) in [6.07, 6.45) is 3.11. The molecule has 122 valence electrons. The van der Waals surface area contributed by atoms with Gasteiger partial charge in [0.25, 0.3) is 0 Å². The average molecular weight is 304 g/mol. The van der Waals surface area contributed by atoms with Crippen LogP contribution in [0, 0.1) is 0 Å². The quantitative estimate of drug-likeness (QED) is 0.743. The van der Waals surface area contributed by atoms with Crippen molar-refractivity contribution in [3.63, 3.8) is 0 Å². The number of rotatable bonds is 8. The summed E-state index contributed by atoms with van der Waals surface area (Å²) < 4.78 is 0. The maximum Gasteiger partial charge on any atom is 0.243 e. The zero-order valence-electron chi connectivity index (χ0n) is 14.2. The first-order valence-electron chi connectivity index (χ1n) is 8.09. The predicted molar refractivity (Wildman–Crippen MR) is 90.9 cm³/mol. The Morgan fingerprint density at radius 1 is 1.14 bits per heavy atom. The van der Waals surface area contributed by atoms with E-state index in [1.54, 1.807) is 4.90 Å². The molecule has 0 heterocycles. The van der Waals surface area contributed by atoms with Crippen LogP contribution in [0.15, 0.2) is 24.3 Å². The van der Waals surface area contributed by atoms with Gasteiger partial charge < -0.3 is 10.2 Å². The van der Waals surface area contributed by atoms with Crippen LogP contribution in [0.2, 0.25) is 0 Å². The molecule has 1 aromatic rings. The first-order valence-corrected chi connectivity index (χ1v) is 8.09. The molecular weight excluding hydrogens is 276 g/mol. The highest BCUT2D eigenvalue weighted by atomic mass is 16.2. The number of carbonyl (C=O) groups excluding carboxylic acids is 2. The summed E-state index contributed by atoms with van der Waals surface area (Å²) in [6, 6.07) is 7.85. The minimum atomic E-state index is -0.149. The maximum atomic E-state index is 12.1. The zero-order valence-corrected chi connectivity index (χ0v) is 14.2. The molecule has 1 rings (SSSR count). The van der Waals surface area contributed by atoms with Crippen LogP contribution < -0.4 is 5.32 Å². The minimum Gasteiger partial charge on any atom is -0.334 e. The van der Waals surface area contributed by atoms with Crippen LogP contribution in [-0.4, -0.2) is 29.8 Å². The minimum absolute atomic E-state index is 0.0543. The van der Waals surface area contributed by atoms with Crippen LogP contribution in [-0.2, 0) is 9.59 Å². The van der Waals surface area contributed by atoms with Crippen LogP contribution in [0.25, 0.3) is 0 Å². The molecule has 0 atom stereocenters. The lowest BCUT2D eigenvalue weighted by atomic mass is 10.0. The molecule has 0 unspecified atom stereocenters. The second kappa shape index (κ2) is 9.23. The van der Waals surface area contributed by atoms with Gasteiger partial charge in [-0.05, 0) is 30.0 Å². The van der Waals surface area contributed by atoms with Crippen LogP contribution in [0.4, 0.5) is 5.69 Å². The summed E-state index contributed by atoms with van der Waals surface area (Å²) in [5, 5.41) is 2.85. The summed E-state index contributed by atoms with van der Waals surface area (Å²) in [5.74, 6) is 0.266. The lowest BCUT2D eigenvalue weighted by molar-refractivity contribution is -0.132. The average Bonchev–Trinajstić information content (AvgIpc) is 2.46. The van der Waals surface area contributed by atoms with Crippen molar-refractivity contribution >= 4 is 17.5 Å². The Hall–Kier alpha value is -1.84. The van der Waals surface area contributed by atoms with Gasteiger partial charge in [-0.2, -0.15) is 0 Å². The number of benzene rings is 1. The van der Waals surface area contributed by atoms with Gasteiger partial charge in [-0.3, -0.25) is 9.59 Å². The number of hydrogen-bond acceptors (Lipinski definition) is 2. The highest BCUT2D eigenvalue weighted by Crippen LogP contribution is 2.17. The van der Waals surface area contributed by atoms with Gasteiger partial charge in [-0.15, -0.1) is 0 Å². The van der Waals surface area contributed by atoms with Crippen molar-refractivity contribution in [2.75, 3.05) is 18.4 Å². The van der Waals surface area contributed by atoms with Crippen molar-refractivity contribution in [2.45, 2.75) is 52.9 Å². The molecule has 0 saturated carbocycles. The summed E-state index contributed by atoms with van der Waals surface area (Å²) >= 11 is 0. The van der Waals surface area contributed by atoms with Crippen LogP contribution in [0.5, 0.6) is 0 Å². The van der Waals surface area contributed by atoms with Gasteiger partial charge in [-0.1, -0.05) is 45.7 Å². The number of carbonyl (C=O) groups is 2. The summed E-state index contributed by atoms with van der Waals surface area (Å²) in [4.78, 5) is 25.3. The summed E-state index contributed by atoms with van der Waals surface area (Å²) in [5.41, 5.74) is 2.01. The molecule has 22 heavy (non-hydrogen) atoms.